The summed E-state index contributed by atoms with van der Waals surface area (Å²) in [5.41, 5.74) is 1.44. The van der Waals surface area contributed by atoms with Crippen molar-refractivity contribution in [2.75, 3.05) is 12.4 Å². The van der Waals surface area contributed by atoms with Gasteiger partial charge in [-0.05, 0) is 37.4 Å². The summed E-state index contributed by atoms with van der Waals surface area (Å²) in [7, 11) is 1.28. The van der Waals surface area contributed by atoms with Gasteiger partial charge in [0.05, 0.1) is 20.4 Å². The molecule has 0 fully saturated rings. The Morgan fingerprint density at radius 1 is 1.18 bits per heavy atom. The van der Waals surface area contributed by atoms with E-state index in [2.05, 4.69) is 37.2 Å². The fourth-order valence-corrected chi connectivity index (χ4v) is 4.61. The Morgan fingerprint density at radius 2 is 1.86 bits per heavy atom. The van der Waals surface area contributed by atoms with E-state index >= 15 is 0 Å². The van der Waals surface area contributed by atoms with Gasteiger partial charge in [0.2, 0.25) is 0 Å². The molecule has 1 amide bonds. The fourth-order valence-electron chi connectivity index (χ4n) is 1.63. The molecule has 0 atom stereocenters. The van der Waals surface area contributed by atoms with Crippen LogP contribution in [-0.4, -0.2) is 19.2 Å². The number of esters is 1. The highest BCUT2D eigenvalue weighted by Gasteiger charge is 2.24. The van der Waals surface area contributed by atoms with Crippen molar-refractivity contribution in [2.24, 2.45) is 0 Å². The highest BCUT2D eigenvalue weighted by molar-refractivity contribution is 9.12. The van der Waals surface area contributed by atoms with Gasteiger partial charge in [0.1, 0.15) is 12.2 Å². The normalized spacial score (nSPS) is 10.1. The van der Waals surface area contributed by atoms with Gasteiger partial charge in [-0.2, -0.15) is 0 Å². The van der Waals surface area contributed by atoms with E-state index in [4.69, 9.17) is 9.47 Å². The van der Waals surface area contributed by atoms with Crippen LogP contribution in [0.25, 0.3) is 0 Å². The lowest BCUT2D eigenvalue weighted by atomic mass is 10.2. The standard InChI is InChI=1S/C14H11Br2NO4S/c1-20-13(18)9-10(12(16)22-11(9)15)17-14(19)21-7-8-5-3-2-4-6-8/h2-6H,7H2,1H3,(H,17,19). The Hall–Kier alpha value is -1.38. The summed E-state index contributed by atoms with van der Waals surface area (Å²) in [6, 6.07) is 9.30. The van der Waals surface area contributed by atoms with Crippen LogP contribution in [0.1, 0.15) is 15.9 Å². The number of thiophene rings is 1. The van der Waals surface area contributed by atoms with Gasteiger partial charge in [0, 0.05) is 0 Å². The smallest absolute Gasteiger partial charge is 0.412 e. The number of ether oxygens (including phenoxy) is 2. The molecule has 0 unspecified atom stereocenters. The molecular weight excluding hydrogens is 438 g/mol. The lowest BCUT2D eigenvalue weighted by Gasteiger charge is -2.08. The summed E-state index contributed by atoms with van der Waals surface area (Å²) < 4.78 is 11.0. The highest BCUT2D eigenvalue weighted by atomic mass is 79.9. The number of anilines is 1. The minimum absolute atomic E-state index is 0.142. The lowest BCUT2D eigenvalue weighted by molar-refractivity contribution is 0.0601. The topological polar surface area (TPSA) is 64.6 Å². The van der Waals surface area contributed by atoms with Crippen LogP contribution in [0, 0.1) is 0 Å². The molecule has 22 heavy (non-hydrogen) atoms. The molecule has 0 saturated heterocycles. The minimum atomic E-state index is -0.653. The average molecular weight is 449 g/mol. The largest absolute Gasteiger partial charge is 0.465 e. The van der Waals surface area contributed by atoms with E-state index in [0.717, 1.165) is 5.56 Å². The van der Waals surface area contributed by atoms with Crippen LogP contribution in [0.15, 0.2) is 37.9 Å². The van der Waals surface area contributed by atoms with Gasteiger partial charge in [0.25, 0.3) is 0 Å². The van der Waals surface area contributed by atoms with Gasteiger partial charge < -0.3 is 9.47 Å². The van der Waals surface area contributed by atoms with E-state index in [0.29, 0.717) is 13.3 Å². The summed E-state index contributed by atoms with van der Waals surface area (Å²) >= 11 is 7.83. The van der Waals surface area contributed by atoms with Crippen molar-refractivity contribution < 1.29 is 19.1 Å². The molecule has 8 heteroatoms. The number of hydrogen-bond donors (Lipinski definition) is 1. The molecule has 116 valence electrons. The molecule has 0 bridgehead atoms. The quantitative estimate of drug-likeness (QED) is 0.681. The monoisotopic (exact) mass is 447 g/mol. The van der Waals surface area contributed by atoms with E-state index < -0.39 is 12.1 Å². The van der Waals surface area contributed by atoms with E-state index in [1.807, 2.05) is 30.3 Å². The number of methoxy groups -OCH3 is 1. The summed E-state index contributed by atoms with van der Waals surface area (Å²) in [6.45, 7) is 0.142. The summed E-state index contributed by atoms with van der Waals surface area (Å²) in [5, 5.41) is 2.56. The van der Waals surface area contributed by atoms with Crippen LogP contribution in [-0.2, 0) is 16.1 Å². The van der Waals surface area contributed by atoms with Crippen molar-refractivity contribution >= 4 is 60.9 Å². The molecule has 0 spiro atoms. The first-order valence-corrected chi connectivity index (χ1v) is 8.47. The second-order valence-corrected chi connectivity index (χ2v) is 7.73. The van der Waals surface area contributed by atoms with Crippen molar-refractivity contribution in [1.29, 1.82) is 0 Å². The molecule has 0 aliphatic heterocycles. The third-order valence-corrected chi connectivity index (χ3v) is 5.18. The van der Waals surface area contributed by atoms with Crippen molar-refractivity contribution in [2.45, 2.75) is 6.61 Å². The number of hydrogen-bond acceptors (Lipinski definition) is 5. The Labute approximate surface area is 147 Å². The molecule has 0 aliphatic carbocycles. The van der Waals surface area contributed by atoms with Crippen LogP contribution in [0.3, 0.4) is 0 Å². The molecule has 0 aliphatic rings. The predicted molar refractivity (Wildman–Crippen MR) is 91.3 cm³/mol. The second kappa shape index (κ2) is 7.75. The summed E-state index contributed by atoms with van der Waals surface area (Å²) in [5.74, 6) is -0.549. The Balaban J connectivity index is 2.07. The summed E-state index contributed by atoms with van der Waals surface area (Å²) in [6.07, 6.45) is -0.653. The maximum Gasteiger partial charge on any atom is 0.412 e. The molecule has 5 nitrogen and oxygen atoms in total. The van der Waals surface area contributed by atoms with Gasteiger partial charge >= 0.3 is 12.1 Å². The molecular formula is C14H11Br2NO4S. The van der Waals surface area contributed by atoms with Gasteiger partial charge in [0.15, 0.2) is 0 Å². The van der Waals surface area contributed by atoms with E-state index in [-0.39, 0.29) is 12.2 Å². The number of benzene rings is 1. The molecule has 1 aromatic carbocycles. The number of nitrogens with one attached hydrogen (secondary N) is 1. The third-order valence-electron chi connectivity index (χ3n) is 2.65. The van der Waals surface area contributed by atoms with Gasteiger partial charge in [-0.15, -0.1) is 11.3 Å². The van der Waals surface area contributed by atoms with Crippen LogP contribution in [0.4, 0.5) is 10.5 Å². The van der Waals surface area contributed by atoms with E-state index in [9.17, 15) is 9.59 Å². The predicted octanol–water partition coefficient (Wildman–Crippen LogP) is 4.81. The van der Waals surface area contributed by atoms with Gasteiger partial charge in [-0.1, -0.05) is 30.3 Å². The van der Waals surface area contributed by atoms with Crippen LogP contribution in [0.5, 0.6) is 0 Å². The lowest BCUT2D eigenvalue weighted by Crippen LogP contribution is -2.16. The first kappa shape index (κ1) is 17.0. The first-order valence-electron chi connectivity index (χ1n) is 6.06. The van der Waals surface area contributed by atoms with E-state index in [1.54, 1.807) is 0 Å². The van der Waals surface area contributed by atoms with Gasteiger partial charge in [-0.25, -0.2) is 9.59 Å². The van der Waals surface area contributed by atoms with Crippen molar-refractivity contribution in [1.82, 2.24) is 0 Å². The Morgan fingerprint density at radius 3 is 2.50 bits per heavy atom. The van der Waals surface area contributed by atoms with Crippen molar-refractivity contribution in [3.8, 4) is 0 Å². The average Bonchev–Trinajstić information content (AvgIpc) is 2.79. The molecule has 2 rings (SSSR count). The number of halogens is 2. The van der Waals surface area contributed by atoms with Gasteiger partial charge in [-0.3, -0.25) is 5.32 Å². The van der Waals surface area contributed by atoms with Crippen LogP contribution < -0.4 is 5.32 Å². The molecule has 0 radical (unpaired) electrons. The minimum Gasteiger partial charge on any atom is -0.465 e. The maximum absolute atomic E-state index is 11.9. The number of carbonyl (C=O) groups excluding carboxylic acids is 2. The molecule has 0 saturated carbocycles. The number of carbonyl (C=O) groups is 2. The van der Waals surface area contributed by atoms with Crippen molar-refractivity contribution in [3.63, 3.8) is 0 Å². The van der Waals surface area contributed by atoms with E-state index in [1.165, 1.54) is 18.4 Å². The zero-order chi connectivity index (χ0) is 16.1. The Kier molecular flexibility index (Phi) is 5.98. The zero-order valence-electron chi connectivity index (χ0n) is 11.4. The zero-order valence-corrected chi connectivity index (χ0v) is 15.4. The fraction of sp³-hybridized carbons (Fsp3) is 0.143. The molecule has 1 heterocycles. The van der Waals surface area contributed by atoms with Crippen LogP contribution in [0.2, 0.25) is 0 Å². The SMILES string of the molecule is COC(=O)c1c(Br)sc(Br)c1NC(=O)OCc1ccccc1. The number of amides is 1. The Bertz CT molecular complexity index is 688. The second-order valence-electron chi connectivity index (χ2n) is 4.08. The summed E-state index contributed by atoms with van der Waals surface area (Å²) in [4.78, 5) is 23.7. The molecule has 2 aromatic rings. The third kappa shape index (κ3) is 4.08. The van der Waals surface area contributed by atoms with Crippen molar-refractivity contribution in [3.05, 3.63) is 49.0 Å². The molecule has 1 N–H and O–H groups in total. The van der Waals surface area contributed by atoms with Crippen LogP contribution >= 0.6 is 43.2 Å². The maximum atomic E-state index is 11.9. The first-order chi connectivity index (χ1) is 10.5. The molecule has 1 aromatic heterocycles. The highest BCUT2D eigenvalue weighted by Crippen LogP contribution is 2.41. The number of rotatable bonds is 4.